The second-order valence-electron chi connectivity index (χ2n) is 7.40. The first kappa shape index (κ1) is 18.7. The van der Waals surface area contributed by atoms with Gasteiger partial charge in [0, 0.05) is 6.54 Å². The lowest BCUT2D eigenvalue weighted by molar-refractivity contribution is 0.336. The van der Waals surface area contributed by atoms with Crippen molar-refractivity contribution in [2.45, 2.75) is 37.4 Å². The Kier molecular flexibility index (Phi) is 4.96. The molecule has 0 saturated heterocycles. The Balaban J connectivity index is 1.80. The number of hydrogen-bond donors (Lipinski definition) is 1. The van der Waals surface area contributed by atoms with Gasteiger partial charge in [0.05, 0.1) is 5.69 Å². The summed E-state index contributed by atoms with van der Waals surface area (Å²) in [7, 11) is -3.63. The van der Waals surface area contributed by atoms with Gasteiger partial charge < -0.3 is 5.32 Å². The SMILES string of the molecule is CC(C)c1ccc(C2Nc3ccccc3S(=O)(=O)N2Cc2ccccc2)cc1. The molecule has 0 radical (unpaired) electrons. The molecular formula is C23H24N2O2S. The summed E-state index contributed by atoms with van der Waals surface area (Å²) in [5.41, 5.74) is 3.76. The molecule has 1 atom stereocenters. The summed E-state index contributed by atoms with van der Waals surface area (Å²) in [4.78, 5) is 0.320. The number of nitrogens with one attached hydrogen (secondary N) is 1. The van der Waals surface area contributed by atoms with Crippen LogP contribution in [0.2, 0.25) is 0 Å². The van der Waals surface area contributed by atoms with Crippen molar-refractivity contribution >= 4 is 15.7 Å². The molecule has 4 rings (SSSR count). The second-order valence-corrected chi connectivity index (χ2v) is 9.26. The molecule has 4 nitrogen and oxygen atoms in total. The Hall–Kier alpha value is -2.63. The van der Waals surface area contributed by atoms with Crippen molar-refractivity contribution in [3.8, 4) is 0 Å². The first-order valence-electron chi connectivity index (χ1n) is 9.48. The Morgan fingerprint density at radius 3 is 2.21 bits per heavy atom. The largest absolute Gasteiger partial charge is 0.364 e. The molecule has 0 spiro atoms. The summed E-state index contributed by atoms with van der Waals surface area (Å²) >= 11 is 0. The van der Waals surface area contributed by atoms with Gasteiger partial charge in [0.25, 0.3) is 0 Å². The number of hydrogen-bond acceptors (Lipinski definition) is 3. The number of nitrogens with zero attached hydrogens (tertiary/aromatic N) is 1. The first-order valence-corrected chi connectivity index (χ1v) is 10.9. The quantitative estimate of drug-likeness (QED) is 0.670. The van der Waals surface area contributed by atoms with Gasteiger partial charge in [0.2, 0.25) is 10.0 Å². The van der Waals surface area contributed by atoms with Crippen LogP contribution in [0.5, 0.6) is 0 Å². The number of sulfonamides is 1. The van der Waals surface area contributed by atoms with E-state index < -0.39 is 16.2 Å². The minimum atomic E-state index is -3.63. The number of para-hydroxylation sites is 1. The van der Waals surface area contributed by atoms with E-state index >= 15 is 0 Å². The van der Waals surface area contributed by atoms with Crippen LogP contribution in [0, 0.1) is 0 Å². The minimum absolute atomic E-state index is 0.307. The monoisotopic (exact) mass is 392 g/mol. The van der Waals surface area contributed by atoms with E-state index in [1.807, 2.05) is 54.6 Å². The normalized spacial score (nSPS) is 18.5. The number of rotatable bonds is 4. The Morgan fingerprint density at radius 1 is 0.893 bits per heavy atom. The molecule has 0 amide bonds. The van der Waals surface area contributed by atoms with Crippen LogP contribution in [0.15, 0.2) is 83.8 Å². The van der Waals surface area contributed by atoms with Gasteiger partial charge >= 0.3 is 0 Å². The highest BCUT2D eigenvalue weighted by Crippen LogP contribution is 2.39. The third-order valence-corrected chi connectivity index (χ3v) is 7.02. The maximum atomic E-state index is 13.5. The zero-order chi connectivity index (χ0) is 19.7. The molecule has 3 aromatic carbocycles. The second kappa shape index (κ2) is 7.41. The molecule has 28 heavy (non-hydrogen) atoms. The fourth-order valence-electron chi connectivity index (χ4n) is 3.55. The minimum Gasteiger partial charge on any atom is -0.364 e. The van der Waals surface area contributed by atoms with Crippen LogP contribution >= 0.6 is 0 Å². The maximum absolute atomic E-state index is 13.5. The van der Waals surface area contributed by atoms with Gasteiger partial charge in [-0.1, -0.05) is 80.6 Å². The Labute approximate surface area is 166 Å². The molecule has 0 saturated carbocycles. The summed E-state index contributed by atoms with van der Waals surface area (Å²) in [5.74, 6) is 0.429. The summed E-state index contributed by atoms with van der Waals surface area (Å²) in [5, 5.41) is 3.43. The average Bonchev–Trinajstić information content (AvgIpc) is 2.71. The molecule has 0 aliphatic carbocycles. The van der Waals surface area contributed by atoms with Crippen LogP contribution in [0.3, 0.4) is 0 Å². The van der Waals surface area contributed by atoms with E-state index in [0.29, 0.717) is 23.0 Å². The summed E-state index contributed by atoms with van der Waals surface area (Å²) in [6.07, 6.45) is -0.457. The zero-order valence-corrected chi connectivity index (χ0v) is 16.9. The van der Waals surface area contributed by atoms with Gasteiger partial charge in [-0.15, -0.1) is 0 Å². The van der Waals surface area contributed by atoms with Crippen LogP contribution in [0.25, 0.3) is 0 Å². The van der Waals surface area contributed by atoms with Crippen molar-refractivity contribution in [3.05, 3.63) is 95.6 Å². The van der Waals surface area contributed by atoms with E-state index in [4.69, 9.17) is 0 Å². The van der Waals surface area contributed by atoms with Gasteiger partial charge in [-0.05, 0) is 34.7 Å². The smallest absolute Gasteiger partial charge is 0.247 e. The van der Waals surface area contributed by atoms with Gasteiger partial charge in [0.15, 0.2) is 0 Å². The fourth-order valence-corrected chi connectivity index (χ4v) is 5.23. The lowest BCUT2D eigenvalue weighted by Gasteiger charge is -2.37. The number of benzene rings is 3. The average molecular weight is 393 g/mol. The zero-order valence-electron chi connectivity index (χ0n) is 16.0. The lowest BCUT2D eigenvalue weighted by atomic mass is 10.0. The standard InChI is InChI=1S/C23H24N2O2S/c1-17(2)19-12-14-20(15-13-19)23-24-21-10-6-7-11-22(21)28(26,27)25(23)16-18-8-4-3-5-9-18/h3-15,17,23-24H,16H2,1-2H3. The van der Waals surface area contributed by atoms with Crippen LogP contribution in [-0.4, -0.2) is 12.7 Å². The van der Waals surface area contributed by atoms with E-state index in [1.165, 1.54) is 5.56 Å². The van der Waals surface area contributed by atoms with Crippen molar-refractivity contribution in [2.75, 3.05) is 5.32 Å². The number of anilines is 1. The van der Waals surface area contributed by atoms with Crippen molar-refractivity contribution in [1.82, 2.24) is 4.31 Å². The highest BCUT2D eigenvalue weighted by molar-refractivity contribution is 7.89. The van der Waals surface area contributed by atoms with Crippen molar-refractivity contribution in [1.29, 1.82) is 0 Å². The van der Waals surface area contributed by atoms with Crippen LogP contribution in [0.4, 0.5) is 5.69 Å². The predicted molar refractivity (Wildman–Crippen MR) is 113 cm³/mol. The Morgan fingerprint density at radius 2 is 1.54 bits per heavy atom. The van der Waals surface area contributed by atoms with Gasteiger partial charge in [-0.3, -0.25) is 0 Å². The molecule has 1 N–H and O–H groups in total. The summed E-state index contributed by atoms with van der Waals surface area (Å²) in [6.45, 7) is 4.60. The van der Waals surface area contributed by atoms with Gasteiger partial charge in [0.1, 0.15) is 11.1 Å². The topological polar surface area (TPSA) is 49.4 Å². The lowest BCUT2D eigenvalue weighted by Crippen LogP contribution is -2.42. The molecule has 0 bridgehead atoms. The number of fused-ring (bicyclic) bond motifs is 1. The summed E-state index contributed by atoms with van der Waals surface area (Å²) < 4.78 is 28.5. The van der Waals surface area contributed by atoms with E-state index in [9.17, 15) is 8.42 Å². The molecule has 144 valence electrons. The van der Waals surface area contributed by atoms with Gasteiger partial charge in [-0.25, -0.2) is 8.42 Å². The molecule has 1 aliphatic rings. The molecular weight excluding hydrogens is 368 g/mol. The highest BCUT2D eigenvalue weighted by Gasteiger charge is 2.38. The third-order valence-electron chi connectivity index (χ3n) is 5.15. The molecule has 0 fully saturated rings. The van der Waals surface area contributed by atoms with Crippen molar-refractivity contribution < 1.29 is 8.42 Å². The van der Waals surface area contributed by atoms with E-state index in [2.05, 4.69) is 31.3 Å². The molecule has 0 aromatic heterocycles. The van der Waals surface area contributed by atoms with E-state index in [1.54, 1.807) is 16.4 Å². The molecule has 3 aromatic rings. The van der Waals surface area contributed by atoms with Crippen molar-refractivity contribution in [2.24, 2.45) is 0 Å². The van der Waals surface area contributed by atoms with E-state index in [-0.39, 0.29) is 0 Å². The fraction of sp³-hybridized carbons (Fsp3) is 0.217. The molecule has 5 heteroatoms. The molecule has 1 aliphatic heterocycles. The first-order chi connectivity index (χ1) is 13.5. The van der Waals surface area contributed by atoms with E-state index in [0.717, 1.165) is 11.1 Å². The Bertz CT molecular complexity index is 1060. The molecule has 1 unspecified atom stereocenters. The van der Waals surface area contributed by atoms with Crippen LogP contribution < -0.4 is 5.32 Å². The third kappa shape index (κ3) is 3.43. The van der Waals surface area contributed by atoms with Gasteiger partial charge in [-0.2, -0.15) is 4.31 Å². The predicted octanol–water partition coefficient (Wildman–Crippen LogP) is 5.13. The highest BCUT2D eigenvalue weighted by atomic mass is 32.2. The molecule has 1 heterocycles. The maximum Gasteiger partial charge on any atom is 0.247 e. The van der Waals surface area contributed by atoms with Crippen LogP contribution in [0.1, 0.15) is 42.6 Å². The van der Waals surface area contributed by atoms with Crippen LogP contribution in [-0.2, 0) is 16.6 Å². The van der Waals surface area contributed by atoms with Crippen molar-refractivity contribution in [3.63, 3.8) is 0 Å². The summed E-state index contributed by atoms with van der Waals surface area (Å²) in [6, 6.07) is 25.0.